The fourth-order valence-electron chi connectivity index (χ4n) is 3.22. The second-order valence-electron chi connectivity index (χ2n) is 8.32. The maximum absolute atomic E-state index is 11.5. The largest absolute Gasteiger partial charge is 0.452 e. The molecule has 7 heteroatoms. The Morgan fingerprint density at radius 2 is 1.87 bits per heavy atom. The molecule has 0 fully saturated rings. The second kappa shape index (κ2) is 10.1. The highest BCUT2D eigenvalue weighted by molar-refractivity contribution is 6.33. The fraction of sp³-hybridized carbons (Fsp3) is 0.458. The zero-order chi connectivity index (χ0) is 23.3. The first-order chi connectivity index (χ1) is 14.5. The zero-order valence-corrected chi connectivity index (χ0v) is 20.4. The second-order valence-corrected chi connectivity index (χ2v) is 8.69. The van der Waals surface area contributed by atoms with Crippen LogP contribution in [0.1, 0.15) is 64.1 Å². The molecular weight excluding hydrogens is 414 g/mol. The highest BCUT2D eigenvalue weighted by Crippen LogP contribution is 2.35. The van der Waals surface area contributed by atoms with E-state index in [-0.39, 0.29) is 5.41 Å². The van der Waals surface area contributed by atoms with Gasteiger partial charge in [-0.25, -0.2) is 0 Å². The van der Waals surface area contributed by atoms with Gasteiger partial charge in [0.15, 0.2) is 5.76 Å². The number of aliphatic imine (C=N–C) groups is 1. The van der Waals surface area contributed by atoms with Crippen LogP contribution in [-0.2, 0) is 26.2 Å². The van der Waals surface area contributed by atoms with Gasteiger partial charge in [0, 0.05) is 39.2 Å². The van der Waals surface area contributed by atoms with Crippen LogP contribution in [0.15, 0.2) is 29.3 Å². The average Bonchev–Trinajstić information content (AvgIpc) is 2.97. The van der Waals surface area contributed by atoms with Crippen molar-refractivity contribution in [1.29, 1.82) is 0 Å². The Morgan fingerprint density at radius 1 is 1.26 bits per heavy atom. The van der Waals surface area contributed by atoms with E-state index in [0.717, 1.165) is 11.1 Å². The molecular formula is C24H32ClN3O3. The molecule has 0 aliphatic carbocycles. The normalized spacial score (nSPS) is 13.8. The third-order valence-electron chi connectivity index (χ3n) is 4.75. The number of nitrogens with zero attached hydrogens (tertiary/aromatic N) is 3. The molecule has 0 aliphatic heterocycles. The SMILES string of the molecule is CCn1nc(C)c(Cl)c1/C(OC(C)OC(C)=O)=C(\C=NC)c1ccc(C(C)(C)C)cc1. The van der Waals surface area contributed by atoms with Crippen LogP contribution in [0.2, 0.25) is 5.02 Å². The number of allylic oxidation sites excluding steroid dienone is 1. The Labute approximate surface area is 189 Å². The summed E-state index contributed by atoms with van der Waals surface area (Å²) in [5, 5.41) is 5.00. The van der Waals surface area contributed by atoms with Crippen molar-refractivity contribution in [2.24, 2.45) is 4.99 Å². The summed E-state index contributed by atoms with van der Waals surface area (Å²) in [5.74, 6) is 0.0219. The number of aryl methyl sites for hydroxylation is 2. The highest BCUT2D eigenvalue weighted by Gasteiger charge is 2.25. The van der Waals surface area contributed by atoms with Crippen LogP contribution in [0.25, 0.3) is 11.3 Å². The summed E-state index contributed by atoms with van der Waals surface area (Å²) >= 11 is 6.64. The van der Waals surface area contributed by atoms with Crippen LogP contribution < -0.4 is 0 Å². The Morgan fingerprint density at radius 3 is 2.35 bits per heavy atom. The van der Waals surface area contributed by atoms with Crippen molar-refractivity contribution in [3.8, 4) is 0 Å². The van der Waals surface area contributed by atoms with Crippen LogP contribution in [-0.4, -0.2) is 35.3 Å². The number of esters is 1. The number of halogens is 1. The van der Waals surface area contributed by atoms with Crippen molar-refractivity contribution < 1.29 is 14.3 Å². The van der Waals surface area contributed by atoms with E-state index in [4.69, 9.17) is 21.1 Å². The number of rotatable bonds is 7. The molecule has 1 aromatic heterocycles. The first kappa shape index (κ1) is 24.7. The van der Waals surface area contributed by atoms with Gasteiger partial charge in [0.05, 0.1) is 10.7 Å². The standard InChI is InChI=1S/C24H32ClN3O3/c1-9-28-22(21(25)15(2)27-28)23(31-17(4)30-16(3)29)20(14-26-8)18-10-12-19(13-11-18)24(5,6)7/h10-14,17H,9H2,1-8H3/b23-20-,26-14?. The summed E-state index contributed by atoms with van der Waals surface area (Å²) in [7, 11) is 1.70. The van der Waals surface area contributed by atoms with Gasteiger partial charge in [-0.15, -0.1) is 0 Å². The number of ether oxygens (including phenoxy) is 2. The number of aromatic nitrogens is 2. The Bertz CT molecular complexity index is 983. The number of hydrogen-bond acceptors (Lipinski definition) is 5. The summed E-state index contributed by atoms with van der Waals surface area (Å²) in [4.78, 5) is 15.7. The molecule has 1 aromatic carbocycles. The minimum atomic E-state index is -0.821. The van der Waals surface area contributed by atoms with Crippen molar-refractivity contribution in [1.82, 2.24) is 9.78 Å². The van der Waals surface area contributed by atoms with Gasteiger partial charge in [-0.1, -0.05) is 56.6 Å². The molecule has 168 valence electrons. The van der Waals surface area contributed by atoms with E-state index in [1.165, 1.54) is 12.5 Å². The van der Waals surface area contributed by atoms with Gasteiger partial charge in [0.2, 0.25) is 6.29 Å². The maximum Gasteiger partial charge on any atom is 0.305 e. The number of carbonyl (C=O) groups excluding carboxylic acids is 1. The van der Waals surface area contributed by atoms with Crippen molar-refractivity contribution in [3.63, 3.8) is 0 Å². The Hall–Kier alpha value is -2.60. The minimum absolute atomic E-state index is 0.0334. The van der Waals surface area contributed by atoms with Crippen LogP contribution in [0, 0.1) is 6.92 Å². The van der Waals surface area contributed by atoms with Crippen molar-refractivity contribution >= 4 is 35.1 Å². The molecule has 0 radical (unpaired) electrons. The molecule has 0 spiro atoms. The van der Waals surface area contributed by atoms with Gasteiger partial charge < -0.3 is 9.47 Å². The van der Waals surface area contributed by atoms with Gasteiger partial charge in [0.1, 0.15) is 5.69 Å². The Balaban J connectivity index is 2.76. The third kappa shape index (κ3) is 5.97. The molecule has 0 aliphatic rings. The lowest BCUT2D eigenvalue weighted by molar-refractivity contribution is -0.161. The zero-order valence-electron chi connectivity index (χ0n) is 19.6. The predicted octanol–water partition coefficient (Wildman–Crippen LogP) is 5.66. The van der Waals surface area contributed by atoms with Gasteiger partial charge >= 0.3 is 5.97 Å². The number of carbonyl (C=O) groups is 1. The topological polar surface area (TPSA) is 65.7 Å². The van der Waals surface area contributed by atoms with E-state index in [0.29, 0.717) is 28.7 Å². The van der Waals surface area contributed by atoms with E-state index in [1.807, 2.05) is 26.0 Å². The lowest BCUT2D eigenvalue weighted by Gasteiger charge is -2.22. The lowest BCUT2D eigenvalue weighted by atomic mass is 9.86. The predicted molar refractivity (Wildman–Crippen MR) is 126 cm³/mol. The fourth-order valence-corrected chi connectivity index (χ4v) is 3.44. The molecule has 31 heavy (non-hydrogen) atoms. The first-order valence-electron chi connectivity index (χ1n) is 10.3. The third-order valence-corrected chi connectivity index (χ3v) is 5.20. The summed E-state index contributed by atoms with van der Waals surface area (Å²) in [5.41, 5.74) is 4.18. The molecule has 1 atom stereocenters. The lowest BCUT2D eigenvalue weighted by Crippen LogP contribution is -2.18. The maximum atomic E-state index is 11.5. The Kier molecular flexibility index (Phi) is 8.07. The van der Waals surface area contributed by atoms with Crippen LogP contribution in [0.3, 0.4) is 0 Å². The quantitative estimate of drug-likeness (QED) is 0.239. The molecule has 2 aromatic rings. The van der Waals surface area contributed by atoms with Crippen molar-refractivity contribution in [3.05, 3.63) is 51.8 Å². The summed E-state index contributed by atoms with van der Waals surface area (Å²) in [6, 6.07) is 8.25. The molecule has 1 heterocycles. The van der Waals surface area contributed by atoms with E-state index >= 15 is 0 Å². The van der Waals surface area contributed by atoms with Crippen LogP contribution >= 0.6 is 11.6 Å². The molecule has 0 bridgehead atoms. The van der Waals surface area contributed by atoms with Gasteiger partial charge in [-0.2, -0.15) is 5.10 Å². The first-order valence-corrected chi connectivity index (χ1v) is 10.7. The molecule has 0 N–H and O–H groups in total. The van der Waals surface area contributed by atoms with Gasteiger partial charge in [0.25, 0.3) is 0 Å². The molecule has 0 amide bonds. The molecule has 1 unspecified atom stereocenters. The van der Waals surface area contributed by atoms with E-state index in [9.17, 15) is 4.79 Å². The highest BCUT2D eigenvalue weighted by atomic mass is 35.5. The van der Waals surface area contributed by atoms with Crippen LogP contribution in [0.4, 0.5) is 0 Å². The van der Waals surface area contributed by atoms with Gasteiger partial charge in [-0.05, 0) is 30.4 Å². The monoisotopic (exact) mass is 445 g/mol. The molecule has 0 saturated heterocycles. The van der Waals surface area contributed by atoms with Gasteiger partial charge in [-0.3, -0.25) is 14.5 Å². The molecule has 6 nitrogen and oxygen atoms in total. The minimum Gasteiger partial charge on any atom is -0.452 e. The number of hydrogen-bond donors (Lipinski definition) is 0. The number of benzene rings is 1. The van der Waals surface area contributed by atoms with Crippen molar-refractivity contribution in [2.45, 2.75) is 66.7 Å². The van der Waals surface area contributed by atoms with Crippen molar-refractivity contribution in [2.75, 3.05) is 7.05 Å². The van der Waals surface area contributed by atoms with E-state index < -0.39 is 12.3 Å². The molecule has 0 saturated carbocycles. The molecule has 2 rings (SSSR count). The average molecular weight is 446 g/mol. The van der Waals surface area contributed by atoms with E-state index in [2.05, 4.69) is 43.0 Å². The van der Waals surface area contributed by atoms with E-state index in [1.54, 1.807) is 24.9 Å². The summed E-state index contributed by atoms with van der Waals surface area (Å²) < 4.78 is 13.2. The summed E-state index contributed by atoms with van der Waals surface area (Å²) in [6.07, 6.45) is 0.902. The smallest absolute Gasteiger partial charge is 0.305 e. The summed E-state index contributed by atoms with van der Waals surface area (Å²) in [6.45, 7) is 13.9. The van der Waals surface area contributed by atoms with Crippen LogP contribution in [0.5, 0.6) is 0 Å².